The van der Waals surface area contributed by atoms with Crippen LogP contribution in [-0.2, 0) is 9.59 Å². The zero-order valence-corrected chi connectivity index (χ0v) is 28.2. The van der Waals surface area contributed by atoms with Gasteiger partial charge < -0.3 is 9.47 Å². The van der Waals surface area contributed by atoms with Crippen LogP contribution in [0.3, 0.4) is 0 Å². The monoisotopic (exact) mass is 738 g/mol. The first-order valence-corrected chi connectivity index (χ1v) is 16.0. The molecule has 6 rings (SSSR count). The normalized spacial score (nSPS) is 16.3. The Bertz CT molecular complexity index is 1790. The van der Waals surface area contributed by atoms with Gasteiger partial charge in [0.1, 0.15) is 34.6 Å². The van der Waals surface area contributed by atoms with Crippen LogP contribution >= 0.6 is 31.9 Å². The van der Waals surface area contributed by atoms with E-state index in [0.29, 0.717) is 23.1 Å². The van der Waals surface area contributed by atoms with Crippen molar-refractivity contribution in [1.82, 2.24) is 9.80 Å². The molecule has 0 bridgehead atoms. The third-order valence-corrected chi connectivity index (χ3v) is 8.89. The number of hydrogen-bond acceptors (Lipinski definition) is 6. The molecule has 0 aliphatic carbocycles. The van der Waals surface area contributed by atoms with Gasteiger partial charge in [0, 0.05) is 33.2 Å². The Balaban J connectivity index is 1.33. The van der Waals surface area contributed by atoms with Crippen molar-refractivity contribution >= 4 is 67.5 Å². The third-order valence-electron chi connectivity index (χ3n) is 7.51. The summed E-state index contributed by atoms with van der Waals surface area (Å²) < 4.78 is 12.1. The number of carbonyl (C=O) groups excluding carboxylic acids is 2. The SMILES string of the molecule is COc1ccc(/C=C2\N=C(c3ccccc3Br)N(CCN3C(=O)/C(=C\c4ccc(OC)cc4)N=C3c3ccccc3Br)C2=O)cc1. The van der Waals surface area contributed by atoms with Crippen LogP contribution in [0, 0.1) is 0 Å². The lowest BCUT2D eigenvalue weighted by Gasteiger charge is -2.24. The van der Waals surface area contributed by atoms with E-state index in [9.17, 15) is 9.59 Å². The van der Waals surface area contributed by atoms with Crippen molar-refractivity contribution in [2.45, 2.75) is 0 Å². The molecule has 4 aromatic carbocycles. The summed E-state index contributed by atoms with van der Waals surface area (Å²) in [6.07, 6.45) is 3.51. The molecule has 0 radical (unpaired) electrons. The van der Waals surface area contributed by atoms with Crippen LogP contribution in [0.25, 0.3) is 12.2 Å². The van der Waals surface area contributed by atoms with E-state index in [4.69, 9.17) is 19.5 Å². The van der Waals surface area contributed by atoms with E-state index in [1.165, 1.54) is 0 Å². The lowest BCUT2D eigenvalue weighted by molar-refractivity contribution is -0.125. The summed E-state index contributed by atoms with van der Waals surface area (Å²) in [6, 6.07) is 30.1. The number of methoxy groups -OCH3 is 2. The minimum atomic E-state index is -0.262. The average Bonchev–Trinajstić information content (AvgIpc) is 3.55. The first-order chi connectivity index (χ1) is 22.4. The van der Waals surface area contributed by atoms with Crippen molar-refractivity contribution in [2.24, 2.45) is 9.98 Å². The molecule has 2 aliphatic heterocycles. The van der Waals surface area contributed by atoms with Crippen molar-refractivity contribution in [3.63, 3.8) is 0 Å². The number of rotatable bonds is 9. The Morgan fingerprint density at radius 2 is 0.957 bits per heavy atom. The Morgan fingerprint density at radius 1 is 0.587 bits per heavy atom. The standard InChI is InChI=1S/C36H28Br2N4O4/c1-45-25-15-11-23(12-16-25)21-31-35(43)41(33(39-31)27-7-3-5-9-29(27)37)19-20-42-34(28-8-4-6-10-30(28)38)40-32(36(42)44)22-24-13-17-26(46-2)18-14-24/h3-18,21-22H,19-20H2,1-2H3/b31-21-,32-22+. The van der Waals surface area contributed by atoms with E-state index in [1.807, 2.05) is 97.1 Å². The molecule has 0 N–H and O–H groups in total. The summed E-state index contributed by atoms with van der Waals surface area (Å²) in [5, 5.41) is 0. The molecule has 8 nitrogen and oxygen atoms in total. The number of amides is 2. The number of amidine groups is 2. The van der Waals surface area contributed by atoms with Crippen molar-refractivity contribution < 1.29 is 19.1 Å². The topological polar surface area (TPSA) is 83.8 Å². The number of carbonyl (C=O) groups is 2. The fourth-order valence-corrected chi connectivity index (χ4v) is 6.05. The van der Waals surface area contributed by atoms with Gasteiger partial charge in [-0.3, -0.25) is 19.4 Å². The van der Waals surface area contributed by atoms with E-state index < -0.39 is 0 Å². The summed E-state index contributed by atoms with van der Waals surface area (Å²) in [4.78, 5) is 40.6. The van der Waals surface area contributed by atoms with Gasteiger partial charge in [-0.1, -0.05) is 92.5 Å². The maximum absolute atomic E-state index is 13.9. The molecular formula is C36H28Br2N4O4. The second-order valence-electron chi connectivity index (χ2n) is 10.3. The van der Waals surface area contributed by atoms with Gasteiger partial charge in [-0.2, -0.15) is 0 Å². The van der Waals surface area contributed by atoms with E-state index in [0.717, 1.165) is 42.7 Å². The molecule has 0 fully saturated rings. The highest BCUT2D eigenvalue weighted by molar-refractivity contribution is 9.10. The van der Waals surface area contributed by atoms with Crippen LogP contribution in [0.1, 0.15) is 22.3 Å². The number of aliphatic imine (C=N–C) groups is 2. The van der Waals surface area contributed by atoms with Gasteiger partial charge in [-0.05, 0) is 59.7 Å². The maximum atomic E-state index is 13.9. The Morgan fingerprint density at radius 3 is 1.30 bits per heavy atom. The van der Waals surface area contributed by atoms with Gasteiger partial charge in [-0.15, -0.1) is 0 Å². The van der Waals surface area contributed by atoms with Gasteiger partial charge in [0.05, 0.1) is 14.2 Å². The van der Waals surface area contributed by atoms with Gasteiger partial charge >= 0.3 is 0 Å². The minimum absolute atomic E-state index is 0.185. The van der Waals surface area contributed by atoms with Crippen LogP contribution in [-0.4, -0.2) is 60.6 Å². The Kier molecular flexibility index (Phi) is 9.28. The largest absolute Gasteiger partial charge is 0.497 e. The molecule has 0 unspecified atom stereocenters. The second-order valence-corrected chi connectivity index (χ2v) is 12.1. The smallest absolute Gasteiger partial charge is 0.278 e. The fraction of sp³-hybridized carbons (Fsp3) is 0.111. The number of halogens is 2. The summed E-state index contributed by atoms with van der Waals surface area (Å²) >= 11 is 7.25. The van der Waals surface area contributed by atoms with E-state index >= 15 is 0 Å². The summed E-state index contributed by atoms with van der Waals surface area (Å²) in [5.41, 5.74) is 3.75. The average molecular weight is 740 g/mol. The Labute approximate surface area is 283 Å². The Hall–Kier alpha value is -4.80. The van der Waals surface area contributed by atoms with Gasteiger partial charge in [0.2, 0.25) is 0 Å². The van der Waals surface area contributed by atoms with Gasteiger partial charge in [0.25, 0.3) is 11.8 Å². The zero-order valence-electron chi connectivity index (χ0n) is 25.0. The predicted molar refractivity (Wildman–Crippen MR) is 187 cm³/mol. The quantitative estimate of drug-likeness (QED) is 0.170. The molecule has 10 heteroatoms. The molecule has 2 amide bonds. The first kappa shape index (κ1) is 31.2. The number of hydrogen-bond donors (Lipinski definition) is 0. The van der Waals surface area contributed by atoms with Gasteiger partial charge in [0.15, 0.2) is 0 Å². The number of benzene rings is 4. The van der Waals surface area contributed by atoms with Crippen LogP contribution in [0.4, 0.5) is 0 Å². The summed E-state index contributed by atoms with van der Waals surface area (Å²) in [6.45, 7) is 0.369. The van der Waals surface area contributed by atoms with Crippen molar-refractivity contribution in [3.8, 4) is 11.5 Å². The molecule has 2 aliphatic rings. The van der Waals surface area contributed by atoms with E-state index in [1.54, 1.807) is 36.2 Å². The molecule has 0 atom stereocenters. The number of ether oxygens (including phenoxy) is 2. The fourth-order valence-electron chi connectivity index (χ4n) is 5.13. The van der Waals surface area contributed by atoms with Crippen molar-refractivity contribution in [3.05, 3.63) is 140 Å². The first-order valence-electron chi connectivity index (χ1n) is 14.4. The molecule has 46 heavy (non-hydrogen) atoms. The lowest BCUT2D eigenvalue weighted by atomic mass is 10.1. The van der Waals surface area contributed by atoms with Crippen LogP contribution in [0.2, 0.25) is 0 Å². The second kappa shape index (κ2) is 13.7. The molecule has 2 heterocycles. The molecule has 0 saturated heterocycles. The predicted octanol–water partition coefficient (Wildman–Crippen LogP) is 7.19. The zero-order chi connectivity index (χ0) is 32.2. The summed E-state index contributed by atoms with van der Waals surface area (Å²) in [7, 11) is 3.21. The minimum Gasteiger partial charge on any atom is -0.497 e. The molecule has 0 spiro atoms. The molecular weight excluding hydrogens is 712 g/mol. The van der Waals surface area contributed by atoms with Gasteiger partial charge in [-0.25, -0.2) is 9.98 Å². The molecule has 0 saturated carbocycles. The van der Waals surface area contributed by atoms with Crippen molar-refractivity contribution in [2.75, 3.05) is 27.3 Å². The van der Waals surface area contributed by atoms with Crippen LogP contribution in [0.15, 0.2) is 127 Å². The van der Waals surface area contributed by atoms with Crippen molar-refractivity contribution in [1.29, 1.82) is 0 Å². The van der Waals surface area contributed by atoms with E-state index in [2.05, 4.69) is 31.9 Å². The highest BCUT2D eigenvalue weighted by Crippen LogP contribution is 2.29. The third kappa shape index (κ3) is 6.45. The highest BCUT2D eigenvalue weighted by atomic mass is 79.9. The van der Waals surface area contributed by atoms with Crippen LogP contribution < -0.4 is 9.47 Å². The molecule has 230 valence electrons. The maximum Gasteiger partial charge on any atom is 0.278 e. The highest BCUT2D eigenvalue weighted by Gasteiger charge is 2.36. The summed E-state index contributed by atoms with van der Waals surface area (Å²) in [5.74, 6) is 1.91. The lowest BCUT2D eigenvalue weighted by Crippen LogP contribution is -2.43. The number of nitrogens with zero attached hydrogens (tertiary/aromatic N) is 4. The van der Waals surface area contributed by atoms with Crippen LogP contribution in [0.5, 0.6) is 11.5 Å². The van der Waals surface area contributed by atoms with E-state index in [-0.39, 0.29) is 24.9 Å². The molecule has 4 aromatic rings. The molecule has 0 aromatic heterocycles.